The number of pyridine rings is 1. The van der Waals surface area contributed by atoms with Gasteiger partial charge in [-0.25, -0.2) is 8.42 Å². The molecule has 0 spiro atoms. The van der Waals surface area contributed by atoms with Gasteiger partial charge in [0.15, 0.2) is 6.10 Å². The molecule has 0 saturated carbocycles. The summed E-state index contributed by atoms with van der Waals surface area (Å²) in [6.07, 6.45) is 2.74. The van der Waals surface area contributed by atoms with Gasteiger partial charge < -0.3 is 10.1 Å². The molecule has 0 radical (unpaired) electrons. The van der Waals surface area contributed by atoms with Gasteiger partial charge in [0.25, 0.3) is 5.91 Å². The molecule has 2 aliphatic heterocycles. The van der Waals surface area contributed by atoms with E-state index in [2.05, 4.69) is 17.2 Å². The number of ether oxygens (including phenoxy) is 1. The quantitative estimate of drug-likeness (QED) is 0.789. The third-order valence-electron chi connectivity index (χ3n) is 5.99. The lowest BCUT2D eigenvalue weighted by Gasteiger charge is -2.29. The van der Waals surface area contributed by atoms with E-state index in [0.29, 0.717) is 31.3 Å². The van der Waals surface area contributed by atoms with Crippen LogP contribution in [0.3, 0.4) is 0 Å². The molecular weight excluding hydrogens is 402 g/mol. The lowest BCUT2D eigenvalue weighted by molar-refractivity contribution is -0.128. The molecule has 2 aromatic rings. The zero-order valence-electron chi connectivity index (χ0n) is 17.2. The molecule has 0 aliphatic carbocycles. The first-order chi connectivity index (χ1) is 14.4. The number of piperidine rings is 1. The van der Waals surface area contributed by atoms with Crippen LogP contribution in [-0.2, 0) is 21.4 Å². The maximum absolute atomic E-state index is 13.1. The average Bonchev–Trinajstić information content (AvgIpc) is 3.09. The summed E-state index contributed by atoms with van der Waals surface area (Å²) in [6, 6.07) is 10.4. The topological polar surface area (TPSA) is 88.6 Å². The van der Waals surface area contributed by atoms with Crippen LogP contribution in [0.25, 0.3) is 0 Å². The monoisotopic (exact) mass is 429 g/mol. The molecule has 1 fully saturated rings. The molecule has 4 rings (SSSR count). The van der Waals surface area contributed by atoms with Gasteiger partial charge in [-0.15, -0.1) is 0 Å². The minimum Gasteiger partial charge on any atom is -0.480 e. The molecule has 30 heavy (non-hydrogen) atoms. The largest absolute Gasteiger partial charge is 0.480 e. The third kappa shape index (κ3) is 4.06. The van der Waals surface area contributed by atoms with Crippen molar-refractivity contribution in [2.75, 3.05) is 13.1 Å². The molecule has 2 unspecified atom stereocenters. The van der Waals surface area contributed by atoms with Crippen LogP contribution in [0.15, 0.2) is 47.5 Å². The normalized spacial score (nSPS) is 22.3. The number of sulfonamides is 1. The van der Waals surface area contributed by atoms with Crippen molar-refractivity contribution < 1.29 is 17.9 Å². The number of amides is 1. The number of hydrogen-bond donors (Lipinski definition) is 1. The number of fused-ring (bicyclic) bond motifs is 1. The summed E-state index contributed by atoms with van der Waals surface area (Å²) >= 11 is 0. The average molecular weight is 430 g/mol. The Kier molecular flexibility index (Phi) is 5.79. The first-order valence-electron chi connectivity index (χ1n) is 10.3. The Balaban J connectivity index is 1.47. The number of carbonyl (C=O) groups is 1. The van der Waals surface area contributed by atoms with Crippen molar-refractivity contribution in [2.24, 2.45) is 5.92 Å². The Bertz CT molecular complexity index is 1020. The van der Waals surface area contributed by atoms with Gasteiger partial charge in [-0.2, -0.15) is 4.31 Å². The molecule has 8 heteroatoms. The number of aromatic nitrogens is 1. The van der Waals surface area contributed by atoms with Crippen molar-refractivity contribution in [2.45, 2.75) is 50.2 Å². The summed E-state index contributed by atoms with van der Waals surface area (Å²) in [5, 5.41) is 2.85. The zero-order chi connectivity index (χ0) is 21.3. The highest BCUT2D eigenvalue weighted by atomic mass is 32.2. The fourth-order valence-electron chi connectivity index (χ4n) is 3.99. The van der Waals surface area contributed by atoms with Crippen LogP contribution in [0, 0.1) is 5.92 Å². The number of benzene rings is 1. The first kappa shape index (κ1) is 20.8. The van der Waals surface area contributed by atoms with Gasteiger partial charge in [0.1, 0.15) is 5.75 Å². The Labute approximate surface area is 177 Å². The number of rotatable bonds is 5. The predicted molar refractivity (Wildman–Crippen MR) is 113 cm³/mol. The maximum atomic E-state index is 13.1. The molecular formula is C22H27N3O4S. The van der Waals surface area contributed by atoms with Gasteiger partial charge in [0.2, 0.25) is 10.0 Å². The van der Waals surface area contributed by atoms with Crippen LogP contribution >= 0.6 is 0 Å². The molecule has 2 atom stereocenters. The van der Waals surface area contributed by atoms with Gasteiger partial charge in [0, 0.05) is 30.8 Å². The number of nitrogens with one attached hydrogen (secondary N) is 1. The minimum atomic E-state index is -3.55. The molecule has 1 aromatic carbocycles. The number of hydrogen-bond acceptors (Lipinski definition) is 5. The van der Waals surface area contributed by atoms with Crippen molar-refractivity contribution in [1.82, 2.24) is 14.6 Å². The number of nitrogens with zero attached hydrogens (tertiary/aromatic N) is 2. The lowest BCUT2D eigenvalue weighted by atomic mass is 9.97. The molecule has 1 aromatic heterocycles. The van der Waals surface area contributed by atoms with E-state index in [-0.39, 0.29) is 16.7 Å². The van der Waals surface area contributed by atoms with Crippen LogP contribution in [0.1, 0.15) is 43.9 Å². The Morgan fingerprint density at radius 1 is 1.20 bits per heavy atom. The van der Waals surface area contributed by atoms with Crippen molar-refractivity contribution in [3.05, 3.63) is 53.9 Å². The van der Waals surface area contributed by atoms with Gasteiger partial charge in [-0.1, -0.05) is 19.9 Å². The van der Waals surface area contributed by atoms with E-state index in [4.69, 9.17) is 4.74 Å². The van der Waals surface area contributed by atoms with Crippen LogP contribution in [0.2, 0.25) is 0 Å². The van der Waals surface area contributed by atoms with E-state index in [1.165, 1.54) is 0 Å². The van der Waals surface area contributed by atoms with Crippen LogP contribution in [0.5, 0.6) is 5.75 Å². The molecule has 1 amide bonds. The molecule has 3 heterocycles. The van der Waals surface area contributed by atoms with Crippen molar-refractivity contribution in [3.8, 4) is 5.75 Å². The van der Waals surface area contributed by atoms with Crippen LogP contribution in [0.4, 0.5) is 0 Å². The standard InChI is InChI=1S/C22H27N3O4S/c1-15-8-11-25(12-9-15)30(27,28)18-6-7-20-19(13-18)16(2)21(29-20)22(26)24-14-17-5-3-4-10-23-17/h3-7,10,13,15-16,21H,8-9,11-12,14H2,1-2H3,(H,24,26). The second-order valence-corrected chi connectivity index (χ2v) is 10.1. The summed E-state index contributed by atoms with van der Waals surface area (Å²) in [4.78, 5) is 17.1. The number of carbonyl (C=O) groups excluding carboxylic acids is 1. The predicted octanol–water partition coefficient (Wildman–Crippen LogP) is 2.68. The SMILES string of the molecule is CC1CCN(S(=O)(=O)c2ccc3c(c2)C(C)C(C(=O)NCc2ccccn2)O3)CC1. The van der Waals surface area contributed by atoms with Gasteiger partial charge in [0.05, 0.1) is 17.1 Å². The van der Waals surface area contributed by atoms with E-state index in [1.807, 2.05) is 25.1 Å². The Hall–Kier alpha value is -2.45. The second kappa shape index (κ2) is 8.35. The highest BCUT2D eigenvalue weighted by Crippen LogP contribution is 2.40. The molecule has 1 N–H and O–H groups in total. The summed E-state index contributed by atoms with van der Waals surface area (Å²) in [7, 11) is -3.55. The smallest absolute Gasteiger partial charge is 0.262 e. The minimum absolute atomic E-state index is 0.237. The summed E-state index contributed by atoms with van der Waals surface area (Å²) in [6.45, 7) is 5.44. The fourth-order valence-corrected chi connectivity index (χ4v) is 5.49. The van der Waals surface area contributed by atoms with E-state index in [9.17, 15) is 13.2 Å². The zero-order valence-corrected chi connectivity index (χ0v) is 18.1. The van der Waals surface area contributed by atoms with Crippen LogP contribution < -0.4 is 10.1 Å². The lowest BCUT2D eigenvalue weighted by Crippen LogP contribution is -2.38. The Morgan fingerprint density at radius 3 is 2.67 bits per heavy atom. The van der Waals surface area contributed by atoms with Gasteiger partial charge >= 0.3 is 0 Å². The van der Waals surface area contributed by atoms with E-state index < -0.39 is 16.1 Å². The third-order valence-corrected chi connectivity index (χ3v) is 7.88. The fraction of sp³-hybridized carbons (Fsp3) is 0.455. The molecule has 1 saturated heterocycles. The van der Waals surface area contributed by atoms with E-state index in [0.717, 1.165) is 24.1 Å². The first-order valence-corrected chi connectivity index (χ1v) is 11.8. The van der Waals surface area contributed by atoms with Gasteiger partial charge in [-0.3, -0.25) is 9.78 Å². The van der Waals surface area contributed by atoms with Crippen molar-refractivity contribution >= 4 is 15.9 Å². The summed E-state index contributed by atoms with van der Waals surface area (Å²) in [5.74, 6) is 0.626. The highest BCUT2D eigenvalue weighted by Gasteiger charge is 2.38. The summed E-state index contributed by atoms with van der Waals surface area (Å²) in [5.41, 5.74) is 1.51. The van der Waals surface area contributed by atoms with E-state index in [1.54, 1.807) is 28.7 Å². The highest BCUT2D eigenvalue weighted by molar-refractivity contribution is 7.89. The molecule has 2 aliphatic rings. The van der Waals surface area contributed by atoms with Crippen molar-refractivity contribution in [3.63, 3.8) is 0 Å². The summed E-state index contributed by atoms with van der Waals surface area (Å²) < 4.78 is 33.6. The van der Waals surface area contributed by atoms with Crippen molar-refractivity contribution in [1.29, 1.82) is 0 Å². The Morgan fingerprint density at radius 2 is 1.97 bits per heavy atom. The van der Waals surface area contributed by atoms with E-state index >= 15 is 0 Å². The second-order valence-electron chi connectivity index (χ2n) is 8.15. The van der Waals surface area contributed by atoms with Gasteiger partial charge in [-0.05, 0) is 49.1 Å². The molecule has 0 bridgehead atoms. The maximum Gasteiger partial charge on any atom is 0.262 e. The van der Waals surface area contributed by atoms with Crippen LogP contribution in [-0.4, -0.2) is 42.8 Å². The molecule has 7 nitrogen and oxygen atoms in total. The molecule has 160 valence electrons.